The van der Waals surface area contributed by atoms with E-state index in [-0.39, 0.29) is 5.91 Å². The topological polar surface area (TPSA) is 32.3 Å². The zero-order valence-corrected chi connectivity index (χ0v) is 9.02. The summed E-state index contributed by atoms with van der Waals surface area (Å²) in [6.45, 7) is 0. The Bertz CT molecular complexity index is 378. The van der Waals surface area contributed by atoms with Crippen molar-refractivity contribution in [2.75, 3.05) is 30.1 Å². The van der Waals surface area contributed by atoms with Crippen molar-refractivity contribution < 1.29 is 4.79 Å². The van der Waals surface area contributed by atoms with E-state index in [2.05, 4.69) is 11.4 Å². The molecule has 1 heterocycles. The Morgan fingerprint density at radius 2 is 2.29 bits per heavy atom. The van der Waals surface area contributed by atoms with Gasteiger partial charge in [-0.05, 0) is 18.2 Å². The summed E-state index contributed by atoms with van der Waals surface area (Å²) >= 11 is 1.60. The van der Waals surface area contributed by atoms with E-state index >= 15 is 0 Å². The molecule has 1 aliphatic heterocycles. The number of benzene rings is 1. The minimum absolute atomic E-state index is 0.166. The van der Waals surface area contributed by atoms with Crippen LogP contribution in [-0.4, -0.2) is 25.8 Å². The maximum absolute atomic E-state index is 11.4. The molecule has 3 nitrogen and oxygen atoms in total. The Balaban J connectivity index is 2.43. The summed E-state index contributed by atoms with van der Waals surface area (Å²) in [6.07, 6.45) is 0. The second kappa shape index (κ2) is 3.53. The van der Waals surface area contributed by atoms with Crippen LogP contribution in [0.2, 0.25) is 0 Å². The molecule has 4 heteroatoms. The number of anilines is 2. The second-order valence-electron chi connectivity index (χ2n) is 3.17. The summed E-state index contributed by atoms with van der Waals surface area (Å²) in [6, 6.07) is 6.03. The summed E-state index contributed by atoms with van der Waals surface area (Å²) < 4.78 is 0. The summed E-state index contributed by atoms with van der Waals surface area (Å²) in [5.74, 6) is 0.705. The average molecular weight is 208 g/mol. The van der Waals surface area contributed by atoms with Gasteiger partial charge in [-0.2, -0.15) is 0 Å². The van der Waals surface area contributed by atoms with Crippen molar-refractivity contribution in [2.45, 2.75) is 4.90 Å². The van der Waals surface area contributed by atoms with E-state index in [9.17, 15) is 4.79 Å². The highest BCUT2D eigenvalue weighted by Crippen LogP contribution is 2.36. The van der Waals surface area contributed by atoms with E-state index < -0.39 is 0 Å². The van der Waals surface area contributed by atoms with E-state index in [4.69, 9.17) is 0 Å². The molecule has 1 aromatic rings. The average Bonchev–Trinajstić information content (AvgIpc) is 2.23. The van der Waals surface area contributed by atoms with E-state index in [1.165, 1.54) is 4.90 Å². The Hall–Kier alpha value is -1.16. The SMILES string of the molecule is CNc1ccc2c(c1)SCC(=O)N2C. The molecule has 74 valence electrons. The first kappa shape index (κ1) is 9.40. The number of carbonyl (C=O) groups is 1. The molecule has 0 fully saturated rings. The van der Waals surface area contributed by atoms with Crippen molar-refractivity contribution in [3.63, 3.8) is 0 Å². The highest BCUT2D eigenvalue weighted by molar-refractivity contribution is 8.00. The fourth-order valence-electron chi connectivity index (χ4n) is 1.43. The van der Waals surface area contributed by atoms with Crippen LogP contribution in [0.3, 0.4) is 0 Å². The molecule has 0 aliphatic carbocycles. The number of nitrogens with zero attached hydrogens (tertiary/aromatic N) is 1. The lowest BCUT2D eigenvalue weighted by molar-refractivity contribution is -0.116. The van der Waals surface area contributed by atoms with Gasteiger partial charge < -0.3 is 10.2 Å². The molecule has 0 unspecified atom stereocenters. The van der Waals surface area contributed by atoms with Crippen molar-refractivity contribution in [3.8, 4) is 0 Å². The molecule has 0 saturated carbocycles. The molecule has 2 rings (SSSR count). The van der Waals surface area contributed by atoms with Gasteiger partial charge in [0.05, 0.1) is 11.4 Å². The predicted octanol–water partition coefficient (Wildman–Crippen LogP) is 1.80. The quantitative estimate of drug-likeness (QED) is 0.763. The molecule has 1 aliphatic rings. The zero-order chi connectivity index (χ0) is 10.1. The standard InChI is InChI=1S/C10H12N2OS/c1-11-7-3-4-8-9(5-7)14-6-10(13)12(8)2/h3-5,11H,6H2,1-2H3. The van der Waals surface area contributed by atoms with Gasteiger partial charge in [-0.15, -0.1) is 11.8 Å². The van der Waals surface area contributed by atoms with Gasteiger partial charge in [0.15, 0.2) is 0 Å². The lowest BCUT2D eigenvalue weighted by Gasteiger charge is -2.25. The number of amides is 1. The maximum atomic E-state index is 11.4. The molecule has 1 amide bonds. The third-order valence-corrected chi connectivity index (χ3v) is 3.36. The third kappa shape index (κ3) is 1.46. The van der Waals surface area contributed by atoms with Crippen LogP contribution in [0, 0.1) is 0 Å². The van der Waals surface area contributed by atoms with E-state index in [0.717, 1.165) is 11.4 Å². The molecule has 14 heavy (non-hydrogen) atoms. The maximum Gasteiger partial charge on any atom is 0.237 e. The first-order valence-corrected chi connectivity index (χ1v) is 5.42. The zero-order valence-electron chi connectivity index (χ0n) is 8.20. The van der Waals surface area contributed by atoms with Crippen LogP contribution in [0.25, 0.3) is 0 Å². The van der Waals surface area contributed by atoms with Gasteiger partial charge in [-0.1, -0.05) is 0 Å². The molecule has 0 saturated heterocycles. The number of hydrogen-bond acceptors (Lipinski definition) is 3. The van der Waals surface area contributed by atoms with Crippen molar-refractivity contribution >= 4 is 29.0 Å². The van der Waals surface area contributed by atoms with Crippen molar-refractivity contribution in [1.82, 2.24) is 0 Å². The smallest absolute Gasteiger partial charge is 0.237 e. The molecule has 1 N–H and O–H groups in total. The Morgan fingerprint density at radius 1 is 1.50 bits per heavy atom. The number of rotatable bonds is 1. The Kier molecular flexibility index (Phi) is 2.37. The van der Waals surface area contributed by atoms with Crippen molar-refractivity contribution in [2.24, 2.45) is 0 Å². The first-order chi connectivity index (χ1) is 6.72. The molecule has 0 radical (unpaired) electrons. The van der Waals surface area contributed by atoms with Gasteiger partial charge in [0, 0.05) is 24.7 Å². The molecular weight excluding hydrogens is 196 g/mol. The predicted molar refractivity (Wildman–Crippen MR) is 60.1 cm³/mol. The van der Waals surface area contributed by atoms with Crippen LogP contribution in [0.5, 0.6) is 0 Å². The normalized spacial score (nSPS) is 15.3. The molecular formula is C10H12N2OS. The van der Waals surface area contributed by atoms with Crippen LogP contribution in [0.1, 0.15) is 0 Å². The lowest BCUT2D eigenvalue weighted by atomic mass is 10.2. The Morgan fingerprint density at radius 3 is 3.00 bits per heavy atom. The number of carbonyl (C=O) groups excluding carboxylic acids is 1. The fraction of sp³-hybridized carbons (Fsp3) is 0.300. The second-order valence-corrected chi connectivity index (χ2v) is 4.19. The van der Waals surface area contributed by atoms with Gasteiger partial charge in [0.25, 0.3) is 0 Å². The summed E-state index contributed by atoms with van der Waals surface area (Å²) in [5, 5.41) is 3.09. The van der Waals surface area contributed by atoms with Crippen LogP contribution in [0.15, 0.2) is 23.1 Å². The number of nitrogens with one attached hydrogen (secondary N) is 1. The molecule has 0 atom stereocenters. The molecule has 1 aromatic carbocycles. The van der Waals surface area contributed by atoms with Gasteiger partial charge >= 0.3 is 0 Å². The molecule has 0 spiro atoms. The minimum Gasteiger partial charge on any atom is -0.388 e. The van der Waals surface area contributed by atoms with Crippen LogP contribution >= 0.6 is 11.8 Å². The van der Waals surface area contributed by atoms with E-state index in [1.807, 2.05) is 26.2 Å². The van der Waals surface area contributed by atoms with Crippen LogP contribution in [0.4, 0.5) is 11.4 Å². The monoisotopic (exact) mass is 208 g/mol. The van der Waals surface area contributed by atoms with Gasteiger partial charge in [0.2, 0.25) is 5.91 Å². The van der Waals surface area contributed by atoms with Gasteiger partial charge in [-0.25, -0.2) is 0 Å². The lowest BCUT2D eigenvalue weighted by Crippen LogP contribution is -2.31. The van der Waals surface area contributed by atoms with Gasteiger partial charge in [-0.3, -0.25) is 4.79 Å². The highest BCUT2D eigenvalue weighted by atomic mass is 32.2. The summed E-state index contributed by atoms with van der Waals surface area (Å²) in [5.41, 5.74) is 2.09. The minimum atomic E-state index is 0.166. The third-order valence-electron chi connectivity index (χ3n) is 2.34. The van der Waals surface area contributed by atoms with Crippen molar-refractivity contribution in [3.05, 3.63) is 18.2 Å². The van der Waals surface area contributed by atoms with Crippen LogP contribution < -0.4 is 10.2 Å². The first-order valence-electron chi connectivity index (χ1n) is 4.43. The van der Waals surface area contributed by atoms with Gasteiger partial charge in [0.1, 0.15) is 0 Å². The summed E-state index contributed by atoms with van der Waals surface area (Å²) in [4.78, 5) is 14.3. The largest absolute Gasteiger partial charge is 0.388 e. The number of thioether (sulfide) groups is 1. The number of hydrogen-bond donors (Lipinski definition) is 1. The van der Waals surface area contributed by atoms with E-state index in [0.29, 0.717) is 5.75 Å². The summed E-state index contributed by atoms with van der Waals surface area (Å²) in [7, 11) is 3.71. The number of fused-ring (bicyclic) bond motifs is 1. The van der Waals surface area contributed by atoms with Crippen molar-refractivity contribution in [1.29, 1.82) is 0 Å². The van der Waals surface area contributed by atoms with Crippen LogP contribution in [-0.2, 0) is 4.79 Å². The van der Waals surface area contributed by atoms with E-state index in [1.54, 1.807) is 16.7 Å². The highest BCUT2D eigenvalue weighted by Gasteiger charge is 2.21. The molecule has 0 bridgehead atoms. The fourth-order valence-corrected chi connectivity index (χ4v) is 2.47. The Labute approximate surface area is 87.5 Å². The molecule has 0 aromatic heterocycles.